The molecule has 0 aliphatic rings. The molecule has 2 aromatic rings. The normalized spacial score (nSPS) is 12.2. The Balaban J connectivity index is 2.14. The van der Waals surface area contributed by atoms with Gasteiger partial charge in [0.25, 0.3) is 5.91 Å². The van der Waals surface area contributed by atoms with Crippen LogP contribution in [0, 0.1) is 0 Å². The van der Waals surface area contributed by atoms with Crippen molar-refractivity contribution in [1.29, 1.82) is 0 Å². The summed E-state index contributed by atoms with van der Waals surface area (Å²) in [5.41, 5.74) is 0.752. The van der Waals surface area contributed by atoms with E-state index in [0.29, 0.717) is 25.1 Å². The lowest BCUT2D eigenvalue weighted by Crippen LogP contribution is -2.54. The second-order valence-electron chi connectivity index (χ2n) is 8.23. The first-order valence-electron chi connectivity index (χ1n) is 10.2. The molecule has 30 heavy (non-hydrogen) atoms. The Morgan fingerprint density at radius 3 is 2.27 bits per heavy atom. The zero-order chi connectivity index (χ0) is 22.1. The molecule has 5 nitrogen and oxygen atoms in total. The number of hydrogen-bond donors (Lipinski definition) is 1. The lowest BCUT2D eigenvalue weighted by Gasteiger charge is -2.33. The van der Waals surface area contributed by atoms with Gasteiger partial charge in [-0.05, 0) is 63.4 Å². The molecule has 0 saturated carbocycles. The van der Waals surface area contributed by atoms with Crippen LogP contribution in [-0.2, 0) is 16.0 Å². The fourth-order valence-electron chi connectivity index (χ4n) is 3.11. The summed E-state index contributed by atoms with van der Waals surface area (Å²) in [6.45, 7) is 8.06. The molecular formula is C24H31BrN2O3. The Morgan fingerprint density at radius 1 is 1.07 bits per heavy atom. The number of carbonyl (C=O) groups excluding carboxylic acids is 2. The van der Waals surface area contributed by atoms with Crippen molar-refractivity contribution >= 4 is 27.7 Å². The minimum Gasteiger partial charge on any atom is -0.484 e. The third-order valence-corrected chi connectivity index (χ3v) is 5.07. The maximum absolute atomic E-state index is 13.1. The van der Waals surface area contributed by atoms with Gasteiger partial charge in [-0.15, -0.1) is 0 Å². The van der Waals surface area contributed by atoms with Crippen molar-refractivity contribution in [3.63, 3.8) is 0 Å². The number of nitrogens with zero attached hydrogens (tertiary/aromatic N) is 1. The molecule has 0 unspecified atom stereocenters. The number of rotatable bonds is 9. The van der Waals surface area contributed by atoms with Crippen LogP contribution in [0.25, 0.3) is 0 Å². The van der Waals surface area contributed by atoms with Crippen molar-refractivity contribution in [2.24, 2.45) is 0 Å². The topological polar surface area (TPSA) is 58.6 Å². The fourth-order valence-corrected chi connectivity index (χ4v) is 3.37. The molecule has 162 valence electrons. The van der Waals surface area contributed by atoms with E-state index >= 15 is 0 Å². The van der Waals surface area contributed by atoms with Gasteiger partial charge in [-0.2, -0.15) is 0 Å². The van der Waals surface area contributed by atoms with E-state index in [1.54, 1.807) is 17.0 Å². The highest BCUT2D eigenvalue weighted by atomic mass is 79.9. The van der Waals surface area contributed by atoms with Crippen LogP contribution < -0.4 is 10.1 Å². The van der Waals surface area contributed by atoms with Crippen LogP contribution >= 0.6 is 15.9 Å². The van der Waals surface area contributed by atoms with Gasteiger partial charge < -0.3 is 15.0 Å². The van der Waals surface area contributed by atoms with Crippen LogP contribution in [0.15, 0.2) is 59.1 Å². The van der Waals surface area contributed by atoms with Crippen LogP contribution in [0.3, 0.4) is 0 Å². The summed E-state index contributed by atoms with van der Waals surface area (Å²) < 4.78 is 6.63. The second-order valence-corrected chi connectivity index (χ2v) is 9.14. The van der Waals surface area contributed by atoms with Crippen LogP contribution in [0.5, 0.6) is 5.75 Å². The minimum absolute atomic E-state index is 0.115. The van der Waals surface area contributed by atoms with Crippen molar-refractivity contribution < 1.29 is 14.3 Å². The highest BCUT2D eigenvalue weighted by molar-refractivity contribution is 9.10. The van der Waals surface area contributed by atoms with Gasteiger partial charge in [0.1, 0.15) is 11.8 Å². The molecular weight excluding hydrogens is 444 g/mol. The zero-order valence-electron chi connectivity index (χ0n) is 18.2. The largest absolute Gasteiger partial charge is 0.484 e. The number of benzene rings is 2. The molecule has 0 saturated heterocycles. The lowest BCUT2D eigenvalue weighted by molar-refractivity contribution is -0.142. The molecule has 1 atom stereocenters. The molecule has 0 heterocycles. The van der Waals surface area contributed by atoms with Crippen LogP contribution in [-0.4, -0.2) is 41.4 Å². The van der Waals surface area contributed by atoms with Gasteiger partial charge in [0.15, 0.2) is 6.61 Å². The SMILES string of the molecule is CC[C@H](C(=O)NC(C)(C)C)N(CCc1ccccc1)C(=O)COc1ccc(Br)cc1. The molecule has 2 amide bonds. The third-order valence-electron chi connectivity index (χ3n) is 4.54. The predicted molar refractivity (Wildman–Crippen MR) is 123 cm³/mol. The number of carbonyl (C=O) groups is 2. The second kappa shape index (κ2) is 11.2. The van der Waals surface area contributed by atoms with Crippen LogP contribution in [0.4, 0.5) is 0 Å². The summed E-state index contributed by atoms with van der Waals surface area (Å²) in [4.78, 5) is 27.6. The van der Waals surface area contributed by atoms with Crippen molar-refractivity contribution in [2.75, 3.05) is 13.2 Å². The predicted octanol–water partition coefficient (Wildman–Crippen LogP) is 4.59. The van der Waals surface area contributed by atoms with Crippen molar-refractivity contribution in [3.05, 3.63) is 64.6 Å². The van der Waals surface area contributed by atoms with Gasteiger partial charge in [-0.1, -0.05) is 53.2 Å². The lowest BCUT2D eigenvalue weighted by atomic mass is 10.1. The zero-order valence-corrected chi connectivity index (χ0v) is 19.7. The minimum atomic E-state index is -0.547. The molecule has 1 N–H and O–H groups in total. The van der Waals surface area contributed by atoms with Gasteiger partial charge in [0.2, 0.25) is 5.91 Å². The molecule has 2 aromatic carbocycles. The standard InChI is InChI=1S/C24H31BrN2O3/c1-5-21(23(29)26-24(2,3)4)27(16-15-18-9-7-6-8-10-18)22(28)17-30-20-13-11-19(25)12-14-20/h6-14,21H,5,15-17H2,1-4H3,(H,26,29)/t21-/m1/s1. The van der Waals surface area contributed by atoms with E-state index in [-0.39, 0.29) is 24.0 Å². The highest BCUT2D eigenvalue weighted by Gasteiger charge is 2.30. The third kappa shape index (κ3) is 7.82. The van der Waals surface area contributed by atoms with Crippen LogP contribution in [0.1, 0.15) is 39.7 Å². The highest BCUT2D eigenvalue weighted by Crippen LogP contribution is 2.17. The fraction of sp³-hybridized carbons (Fsp3) is 0.417. The summed E-state index contributed by atoms with van der Waals surface area (Å²) >= 11 is 3.38. The molecule has 0 aliphatic heterocycles. The number of ether oxygens (including phenoxy) is 1. The Kier molecular flexibility index (Phi) is 8.90. The molecule has 0 aromatic heterocycles. The van der Waals surface area contributed by atoms with E-state index in [4.69, 9.17) is 4.74 Å². The van der Waals surface area contributed by atoms with E-state index in [2.05, 4.69) is 21.2 Å². The number of hydrogen-bond acceptors (Lipinski definition) is 3. The van der Waals surface area contributed by atoms with Crippen LogP contribution in [0.2, 0.25) is 0 Å². The van der Waals surface area contributed by atoms with E-state index < -0.39 is 6.04 Å². The quantitative estimate of drug-likeness (QED) is 0.577. The first-order chi connectivity index (χ1) is 14.2. The van der Waals surface area contributed by atoms with Crippen molar-refractivity contribution in [2.45, 2.75) is 52.1 Å². The van der Waals surface area contributed by atoms with Crippen molar-refractivity contribution in [1.82, 2.24) is 10.2 Å². The van der Waals surface area contributed by atoms with Gasteiger partial charge in [0, 0.05) is 16.6 Å². The maximum Gasteiger partial charge on any atom is 0.261 e. The average molecular weight is 475 g/mol. The van der Waals surface area contributed by atoms with Gasteiger partial charge in [0.05, 0.1) is 0 Å². The Morgan fingerprint density at radius 2 is 1.70 bits per heavy atom. The first-order valence-corrected chi connectivity index (χ1v) is 11.0. The summed E-state index contributed by atoms with van der Waals surface area (Å²) in [5.74, 6) is 0.265. The smallest absolute Gasteiger partial charge is 0.261 e. The van der Waals surface area contributed by atoms with E-state index in [1.165, 1.54) is 0 Å². The summed E-state index contributed by atoms with van der Waals surface area (Å²) in [5, 5.41) is 3.00. The monoisotopic (exact) mass is 474 g/mol. The van der Waals surface area contributed by atoms with Gasteiger partial charge >= 0.3 is 0 Å². The molecule has 0 spiro atoms. The molecule has 2 rings (SSSR count). The van der Waals surface area contributed by atoms with Crippen molar-refractivity contribution in [3.8, 4) is 5.75 Å². The number of amides is 2. The number of halogens is 1. The van der Waals surface area contributed by atoms with E-state index in [1.807, 2.05) is 70.2 Å². The Bertz CT molecular complexity index is 817. The summed E-state index contributed by atoms with van der Waals surface area (Å²) in [6.07, 6.45) is 1.20. The molecule has 0 bridgehead atoms. The van der Waals surface area contributed by atoms with Gasteiger partial charge in [-0.3, -0.25) is 9.59 Å². The Labute approximate surface area is 187 Å². The maximum atomic E-state index is 13.1. The van der Waals surface area contributed by atoms with E-state index in [9.17, 15) is 9.59 Å². The summed E-state index contributed by atoms with van der Waals surface area (Å²) in [7, 11) is 0. The summed E-state index contributed by atoms with van der Waals surface area (Å²) in [6, 6.07) is 16.7. The van der Waals surface area contributed by atoms with E-state index in [0.717, 1.165) is 10.0 Å². The number of nitrogens with one attached hydrogen (secondary N) is 1. The molecule has 0 radical (unpaired) electrons. The average Bonchev–Trinajstić information content (AvgIpc) is 2.69. The van der Waals surface area contributed by atoms with Gasteiger partial charge in [-0.25, -0.2) is 0 Å². The first kappa shape index (κ1) is 23.9. The molecule has 6 heteroatoms. The molecule has 0 aliphatic carbocycles. The molecule has 0 fully saturated rings. The Hall–Kier alpha value is -2.34.